The van der Waals surface area contributed by atoms with Crippen molar-refractivity contribution in [3.8, 4) is 0 Å². The molecule has 0 bridgehead atoms. The summed E-state index contributed by atoms with van der Waals surface area (Å²) in [6.07, 6.45) is 2.38. The highest BCUT2D eigenvalue weighted by Gasteiger charge is 2.26. The van der Waals surface area contributed by atoms with Crippen LogP contribution in [0.4, 0.5) is 10.1 Å². The Morgan fingerprint density at radius 3 is 2.75 bits per heavy atom. The highest BCUT2D eigenvalue weighted by atomic mass is 127. The van der Waals surface area contributed by atoms with Crippen LogP contribution in [0, 0.1) is 9.39 Å². The van der Waals surface area contributed by atoms with E-state index in [0.29, 0.717) is 17.0 Å². The lowest BCUT2D eigenvalue weighted by atomic mass is 10.1. The fraction of sp³-hybridized carbons (Fsp3) is 0.250. The summed E-state index contributed by atoms with van der Waals surface area (Å²) in [6, 6.07) is 4.83. The number of nitrogen functional groups attached to an aromatic ring is 1. The molecule has 0 radical (unpaired) electrons. The topological polar surface area (TPSA) is 38.9 Å². The van der Waals surface area contributed by atoms with Gasteiger partial charge in [-0.25, -0.2) is 4.39 Å². The number of aromatic nitrogens is 1. The molecule has 0 atom stereocenters. The van der Waals surface area contributed by atoms with Gasteiger partial charge in [0.2, 0.25) is 0 Å². The first kappa shape index (κ1) is 10.3. The minimum Gasteiger partial charge on any atom is -0.398 e. The van der Waals surface area contributed by atoms with Gasteiger partial charge < -0.3 is 5.73 Å². The lowest BCUT2D eigenvalue weighted by Crippen LogP contribution is -1.96. The van der Waals surface area contributed by atoms with E-state index in [1.165, 1.54) is 25.0 Å². The van der Waals surface area contributed by atoms with E-state index in [4.69, 9.17) is 5.73 Å². The van der Waals surface area contributed by atoms with Crippen molar-refractivity contribution in [1.29, 1.82) is 0 Å². The minimum absolute atomic E-state index is 0.260. The number of nitrogens with two attached hydrogens (primary N) is 1. The number of halogens is 2. The Bertz CT molecular complexity index is 579. The van der Waals surface area contributed by atoms with Gasteiger partial charge in [-0.1, -0.05) is 0 Å². The average Bonchev–Trinajstić information content (AvgIpc) is 3.02. The first-order valence-electron chi connectivity index (χ1n) is 5.20. The molecule has 0 aliphatic heterocycles. The smallest absolute Gasteiger partial charge is 0.125 e. The summed E-state index contributed by atoms with van der Waals surface area (Å²) in [5.41, 5.74) is 8.45. The number of nitrogens with zero attached hydrogens (tertiary/aromatic N) is 1. The second-order valence-electron chi connectivity index (χ2n) is 4.19. The molecule has 2 N–H and O–H groups in total. The predicted octanol–water partition coefficient (Wildman–Crippen LogP) is 3.44. The van der Waals surface area contributed by atoms with E-state index in [2.05, 4.69) is 27.6 Å². The van der Waals surface area contributed by atoms with Crippen molar-refractivity contribution in [3.63, 3.8) is 0 Å². The quantitative estimate of drug-likeness (QED) is 0.815. The second kappa shape index (κ2) is 3.55. The van der Waals surface area contributed by atoms with Crippen LogP contribution in [0.2, 0.25) is 0 Å². The summed E-state index contributed by atoms with van der Waals surface area (Å²) in [5, 5.41) is 0.716. The summed E-state index contributed by atoms with van der Waals surface area (Å²) in [5.74, 6) is 0.303. The number of anilines is 1. The molecule has 16 heavy (non-hydrogen) atoms. The maximum atomic E-state index is 13.3. The van der Waals surface area contributed by atoms with Crippen LogP contribution in [0.15, 0.2) is 18.2 Å². The molecule has 1 aliphatic rings. The number of hydrogen-bond acceptors (Lipinski definition) is 2. The van der Waals surface area contributed by atoms with E-state index in [0.717, 1.165) is 14.8 Å². The number of benzene rings is 1. The van der Waals surface area contributed by atoms with Crippen molar-refractivity contribution < 1.29 is 4.39 Å². The van der Waals surface area contributed by atoms with Gasteiger partial charge in [-0.15, -0.1) is 0 Å². The summed E-state index contributed by atoms with van der Waals surface area (Å²) >= 11 is 2.10. The van der Waals surface area contributed by atoms with Crippen LogP contribution >= 0.6 is 22.6 Å². The molecule has 2 nitrogen and oxygen atoms in total. The molecular weight excluding hydrogens is 318 g/mol. The second-order valence-corrected chi connectivity index (χ2v) is 5.36. The van der Waals surface area contributed by atoms with Crippen molar-refractivity contribution in [2.24, 2.45) is 0 Å². The zero-order chi connectivity index (χ0) is 11.3. The first-order valence-corrected chi connectivity index (χ1v) is 6.28. The van der Waals surface area contributed by atoms with Crippen molar-refractivity contribution in [2.75, 3.05) is 5.73 Å². The Morgan fingerprint density at radius 2 is 2.06 bits per heavy atom. The molecule has 3 rings (SSSR count). The average molecular weight is 328 g/mol. The summed E-state index contributed by atoms with van der Waals surface area (Å²) in [6.45, 7) is 0. The Balaban J connectivity index is 2.32. The molecule has 0 amide bonds. The maximum Gasteiger partial charge on any atom is 0.125 e. The molecule has 1 aliphatic carbocycles. The third-order valence-electron chi connectivity index (χ3n) is 2.88. The van der Waals surface area contributed by atoms with Gasteiger partial charge in [0.15, 0.2) is 0 Å². The van der Waals surface area contributed by atoms with Crippen LogP contribution < -0.4 is 5.73 Å². The van der Waals surface area contributed by atoms with Crippen molar-refractivity contribution in [2.45, 2.75) is 18.8 Å². The van der Waals surface area contributed by atoms with Crippen LogP contribution in [-0.4, -0.2) is 4.98 Å². The largest absolute Gasteiger partial charge is 0.398 e. The summed E-state index contributed by atoms with van der Waals surface area (Å²) in [7, 11) is 0. The van der Waals surface area contributed by atoms with Crippen molar-refractivity contribution >= 4 is 39.2 Å². The van der Waals surface area contributed by atoms with E-state index >= 15 is 0 Å². The predicted molar refractivity (Wildman–Crippen MR) is 70.8 cm³/mol. The summed E-state index contributed by atoms with van der Waals surface area (Å²) in [4.78, 5) is 4.58. The summed E-state index contributed by atoms with van der Waals surface area (Å²) < 4.78 is 14.1. The molecule has 0 saturated heterocycles. The van der Waals surface area contributed by atoms with Gasteiger partial charge >= 0.3 is 0 Å². The normalized spacial score (nSPS) is 15.6. The Hall–Kier alpha value is -0.910. The standard InChI is InChI=1S/C12H10FIN2/c13-7-3-8-10(15)5-11(6-1-2-6)16-12(8)9(14)4-7/h3-6H,1-2H2,(H2,15,16). The highest BCUT2D eigenvalue weighted by Crippen LogP contribution is 2.41. The molecule has 82 valence electrons. The van der Waals surface area contributed by atoms with Gasteiger partial charge in [0.25, 0.3) is 0 Å². The highest BCUT2D eigenvalue weighted by molar-refractivity contribution is 14.1. The van der Waals surface area contributed by atoms with E-state index in [-0.39, 0.29) is 5.82 Å². The van der Waals surface area contributed by atoms with Gasteiger partial charge in [-0.2, -0.15) is 0 Å². The molecule has 1 saturated carbocycles. The molecular formula is C12H10FIN2. The fourth-order valence-corrected chi connectivity index (χ4v) is 2.59. The minimum atomic E-state index is -0.260. The lowest BCUT2D eigenvalue weighted by molar-refractivity contribution is 0.628. The van der Waals surface area contributed by atoms with Gasteiger partial charge in [-0.3, -0.25) is 4.98 Å². The lowest BCUT2D eigenvalue weighted by Gasteiger charge is -2.07. The molecule has 1 aromatic carbocycles. The van der Waals surface area contributed by atoms with E-state index in [1.54, 1.807) is 0 Å². The monoisotopic (exact) mass is 328 g/mol. The molecule has 1 aromatic heterocycles. The van der Waals surface area contributed by atoms with Gasteiger partial charge in [-0.05, 0) is 53.6 Å². The van der Waals surface area contributed by atoms with Gasteiger partial charge in [0.1, 0.15) is 5.82 Å². The zero-order valence-electron chi connectivity index (χ0n) is 8.50. The molecule has 2 aromatic rings. The van der Waals surface area contributed by atoms with Crippen molar-refractivity contribution in [1.82, 2.24) is 4.98 Å². The molecule has 1 heterocycles. The van der Waals surface area contributed by atoms with Gasteiger partial charge in [0.05, 0.1) is 5.52 Å². The van der Waals surface area contributed by atoms with Crippen LogP contribution in [0.25, 0.3) is 10.9 Å². The van der Waals surface area contributed by atoms with E-state index < -0.39 is 0 Å². The number of pyridine rings is 1. The van der Waals surface area contributed by atoms with Crippen molar-refractivity contribution in [3.05, 3.63) is 33.3 Å². The Kier molecular flexibility index (Phi) is 2.27. The van der Waals surface area contributed by atoms with E-state index in [1.807, 2.05) is 6.07 Å². The van der Waals surface area contributed by atoms with Crippen LogP contribution in [0.1, 0.15) is 24.5 Å². The van der Waals surface area contributed by atoms with Gasteiger partial charge in [0, 0.05) is 26.3 Å². The number of rotatable bonds is 1. The third kappa shape index (κ3) is 1.65. The maximum absolute atomic E-state index is 13.3. The SMILES string of the molecule is Nc1cc(C2CC2)nc2c(I)cc(F)cc12. The molecule has 0 unspecified atom stereocenters. The Labute approximate surface area is 106 Å². The number of fused-ring (bicyclic) bond motifs is 1. The third-order valence-corrected chi connectivity index (χ3v) is 3.70. The van der Waals surface area contributed by atoms with Crippen LogP contribution in [0.3, 0.4) is 0 Å². The fourth-order valence-electron chi connectivity index (χ4n) is 1.89. The Morgan fingerprint density at radius 1 is 1.31 bits per heavy atom. The van der Waals surface area contributed by atoms with E-state index in [9.17, 15) is 4.39 Å². The van der Waals surface area contributed by atoms with Crippen LogP contribution in [-0.2, 0) is 0 Å². The van der Waals surface area contributed by atoms with Crippen LogP contribution in [0.5, 0.6) is 0 Å². The number of hydrogen-bond donors (Lipinski definition) is 1. The first-order chi connectivity index (χ1) is 7.65. The molecule has 1 fully saturated rings. The zero-order valence-corrected chi connectivity index (χ0v) is 10.7. The molecule has 0 spiro atoms. The molecule has 4 heteroatoms.